The molecule has 1 atom stereocenters. The van der Waals surface area contributed by atoms with Crippen molar-refractivity contribution in [2.75, 3.05) is 25.0 Å². The largest absolute Gasteiger partial charge is 0.347 e. The number of nitrogens with one attached hydrogen (secondary N) is 2. The molecule has 0 bridgehead atoms. The van der Waals surface area contributed by atoms with E-state index >= 15 is 0 Å². The van der Waals surface area contributed by atoms with E-state index in [1.54, 1.807) is 17.0 Å². The van der Waals surface area contributed by atoms with Crippen molar-refractivity contribution in [2.24, 2.45) is 0 Å². The minimum Gasteiger partial charge on any atom is -0.347 e. The average molecular weight is 462 g/mol. The van der Waals surface area contributed by atoms with Gasteiger partial charge in [0, 0.05) is 31.3 Å². The van der Waals surface area contributed by atoms with Crippen molar-refractivity contribution in [2.45, 2.75) is 32.1 Å². The quantitative estimate of drug-likeness (QED) is 0.559. The van der Waals surface area contributed by atoms with Gasteiger partial charge in [-0.25, -0.2) is 0 Å². The van der Waals surface area contributed by atoms with Gasteiger partial charge in [0.15, 0.2) is 0 Å². The molecule has 34 heavy (non-hydrogen) atoms. The number of amides is 3. The van der Waals surface area contributed by atoms with Crippen molar-refractivity contribution in [3.8, 4) is 11.4 Å². The number of likely N-dealkylation sites (tertiary alicyclic amines) is 1. The van der Waals surface area contributed by atoms with Gasteiger partial charge in [0.1, 0.15) is 0 Å². The average Bonchev–Trinajstić information content (AvgIpc) is 3.34. The van der Waals surface area contributed by atoms with Crippen molar-refractivity contribution in [1.82, 2.24) is 20.4 Å². The van der Waals surface area contributed by atoms with E-state index in [0.717, 1.165) is 24.0 Å². The highest BCUT2D eigenvalue weighted by Gasteiger charge is 2.28. The van der Waals surface area contributed by atoms with Crippen LogP contribution in [0.15, 0.2) is 59.1 Å². The number of hydrogen-bond donors (Lipinski definition) is 2. The number of carbonyl (C=O) groups is 3. The maximum atomic E-state index is 12.7. The highest BCUT2D eigenvalue weighted by molar-refractivity contribution is 5.89. The molecule has 2 aromatic carbocycles. The molecule has 9 nitrogen and oxygen atoms in total. The van der Waals surface area contributed by atoms with Crippen LogP contribution in [0.5, 0.6) is 0 Å². The maximum Gasteiger partial charge on any atom is 0.241 e. The van der Waals surface area contributed by atoms with E-state index < -0.39 is 0 Å². The predicted octanol–water partition coefficient (Wildman–Crippen LogP) is 2.76. The Labute approximate surface area is 197 Å². The third-order valence-corrected chi connectivity index (χ3v) is 5.67. The lowest BCUT2D eigenvalue weighted by atomic mass is 9.98. The van der Waals surface area contributed by atoms with Gasteiger partial charge in [0.05, 0.1) is 18.9 Å². The Bertz CT molecular complexity index is 1140. The Balaban J connectivity index is 1.31. The van der Waals surface area contributed by atoms with Crippen LogP contribution < -0.4 is 10.6 Å². The molecule has 176 valence electrons. The fourth-order valence-corrected chi connectivity index (χ4v) is 3.96. The van der Waals surface area contributed by atoms with E-state index in [-0.39, 0.29) is 36.6 Å². The predicted molar refractivity (Wildman–Crippen MR) is 126 cm³/mol. The summed E-state index contributed by atoms with van der Waals surface area (Å²) in [5.41, 5.74) is 2.37. The first-order valence-electron chi connectivity index (χ1n) is 11.3. The molecule has 1 saturated heterocycles. The Hall–Kier alpha value is -4.01. The summed E-state index contributed by atoms with van der Waals surface area (Å²) < 4.78 is 5.51. The summed E-state index contributed by atoms with van der Waals surface area (Å²) in [5.74, 6) is 0.450. The third-order valence-electron chi connectivity index (χ3n) is 5.67. The Morgan fingerprint density at radius 1 is 1.09 bits per heavy atom. The highest BCUT2D eigenvalue weighted by Crippen LogP contribution is 2.28. The number of nitrogens with zero attached hydrogens (tertiary/aromatic N) is 3. The molecule has 1 aromatic heterocycles. The summed E-state index contributed by atoms with van der Waals surface area (Å²) in [4.78, 5) is 42.3. The molecule has 4 rings (SSSR count). The SMILES string of the molecule is CC(=O)Nc1ccc(-c2noc([C@H]3CCCN(C(=O)CNC(=O)Cc4ccccc4)C3)n2)cc1. The number of benzene rings is 2. The van der Waals surface area contributed by atoms with Crippen LogP contribution in [-0.4, -0.2) is 52.4 Å². The minimum atomic E-state index is -0.181. The topological polar surface area (TPSA) is 117 Å². The lowest BCUT2D eigenvalue weighted by molar-refractivity contribution is -0.133. The van der Waals surface area contributed by atoms with Gasteiger partial charge in [-0.3, -0.25) is 14.4 Å². The van der Waals surface area contributed by atoms with Crippen LogP contribution in [0, 0.1) is 0 Å². The second kappa shape index (κ2) is 10.7. The Morgan fingerprint density at radius 2 is 1.85 bits per heavy atom. The van der Waals surface area contributed by atoms with Gasteiger partial charge in [-0.1, -0.05) is 35.5 Å². The van der Waals surface area contributed by atoms with Crippen LogP contribution in [0.2, 0.25) is 0 Å². The molecule has 0 aliphatic carbocycles. The molecule has 3 amide bonds. The molecule has 3 aromatic rings. The summed E-state index contributed by atoms with van der Waals surface area (Å²) in [5, 5.41) is 9.52. The van der Waals surface area contributed by atoms with Crippen LogP contribution in [0.3, 0.4) is 0 Å². The number of carbonyl (C=O) groups excluding carboxylic acids is 3. The number of rotatable bonds is 7. The van der Waals surface area contributed by atoms with Gasteiger partial charge in [0.2, 0.25) is 29.4 Å². The zero-order chi connectivity index (χ0) is 23.9. The molecule has 0 unspecified atom stereocenters. The first kappa shape index (κ1) is 23.2. The fraction of sp³-hybridized carbons (Fsp3) is 0.320. The molecule has 2 heterocycles. The van der Waals surface area contributed by atoms with Gasteiger partial charge in [-0.15, -0.1) is 0 Å². The van der Waals surface area contributed by atoms with Crippen molar-refractivity contribution in [3.63, 3.8) is 0 Å². The summed E-state index contributed by atoms with van der Waals surface area (Å²) in [7, 11) is 0. The molecule has 1 aliphatic heterocycles. The van der Waals surface area contributed by atoms with Crippen LogP contribution in [0.25, 0.3) is 11.4 Å². The van der Waals surface area contributed by atoms with E-state index in [4.69, 9.17) is 4.52 Å². The van der Waals surface area contributed by atoms with E-state index in [9.17, 15) is 14.4 Å². The normalized spacial score (nSPS) is 15.6. The van der Waals surface area contributed by atoms with Crippen LogP contribution in [0.1, 0.15) is 37.1 Å². The zero-order valence-electron chi connectivity index (χ0n) is 19.0. The van der Waals surface area contributed by atoms with Crippen LogP contribution in [-0.2, 0) is 20.8 Å². The van der Waals surface area contributed by atoms with Gasteiger partial charge in [-0.05, 0) is 42.7 Å². The lowest BCUT2D eigenvalue weighted by Crippen LogP contribution is -2.44. The summed E-state index contributed by atoms with van der Waals surface area (Å²) in [6.45, 7) is 2.52. The molecule has 0 spiro atoms. The second-order valence-electron chi connectivity index (χ2n) is 8.33. The monoisotopic (exact) mass is 461 g/mol. The van der Waals surface area contributed by atoms with Crippen molar-refractivity contribution >= 4 is 23.4 Å². The first-order chi connectivity index (χ1) is 16.5. The van der Waals surface area contributed by atoms with Gasteiger partial charge < -0.3 is 20.1 Å². The number of aromatic nitrogens is 2. The molecule has 1 aliphatic rings. The van der Waals surface area contributed by atoms with Crippen LogP contribution in [0.4, 0.5) is 5.69 Å². The maximum absolute atomic E-state index is 12.7. The van der Waals surface area contributed by atoms with Crippen molar-refractivity contribution in [1.29, 1.82) is 0 Å². The van der Waals surface area contributed by atoms with Gasteiger partial charge in [0.25, 0.3) is 0 Å². The molecule has 2 N–H and O–H groups in total. The number of hydrogen-bond acceptors (Lipinski definition) is 6. The molecule has 0 radical (unpaired) electrons. The van der Waals surface area contributed by atoms with E-state index in [0.29, 0.717) is 30.5 Å². The second-order valence-corrected chi connectivity index (χ2v) is 8.33. The highest BCUT2D eigenvalue weighted by atomic mass is 16.5. The molecule has 9 heteroatoms. The summed E-state index contributed by atoms with van der Waals surface area (Å²) in [6, 6.07) is 16.6. The molecular weight excluding hydrogens is 434 g/mol. The molecule has 1 fully saturated rings. The van der Waals surface area contributed by atoms with E-state index in [2.05, 4.69) is 20.8 Å². The Kier molecular flexibility index (Phi) is 7.31. The molecule has 0 saturated carbocycles. The van der Waals surface area contributed by atoms with Crippen LogP contribution >= 0.6 is 0 Å². The third kappa shape index (κ3) is 6.06. The van der Waals surface area contributed by atoms with Gasteiger partial charge in [-0.2, -0.15) is 4.98 Å². The molecular formula is C25H27N5O4. The standard InChI is InChI=1S/C25H27N5O4/c1-17(31)27-21-11-9-19(10-12-21)24-28-25(34-29-24)20-8-5-13-30(16-20)23(33)15-26-22(32)14-18-6-3-2-4-7-18/h2-4,6-7,9-12,20H,5,8,13-16H2,1H3,(H,26,32)(H,27,31)/t20-/m0/s1. The van der Waals surface area contributed by atoms with Gasteiger partial charge >= 0.3 is 0 Å². The number of piperidine rings is 1. The smallest absolute Gasteiger partial charge is 0.241 e. The van der Waals surface area contributed by atoms with Crippen molar-refractivity contribution in [3.05, 3.63) is 66.1 Å². The zero-order valence-corrected chi connectivity index (χ0v) is 19.0. The Morgan fingerprint density at radius 3 is 2.59 bits per heavy atom. The van der Waals surface area contributed by atoms with Crippen molar-refractivity contribution < 1.29 is 18.9 Å². The number of anilines is 1. The summed E-state index contributed by atoms with van der Waals surface area (Å²) in [6.07, 6.45) is 1.90. The lowest BCUT2D eigenvalue weighted by Gasteiger charge is -2.31. The van der Waals surface area contributed by atoms with E-state index in [1.807, 2.05) is 42.5 Å². The minimum absolute atomic E-state index is 0.0336. The van der Waals surface area contributed by atoms with E-state index in [1.165, 1.54) is 6.92 Å². The fourth-order valence-electron chi connectivity index (χ4n) is 3.96. The summed E-state index contributed by atoms with van der Waals surface area (Å²) >= 11 is 0. The first-order valence-corrected chi connectivity index (χ1v) is 11.3.